The number of nitrogens with one attached hydrogen (secondary N) is 1. The predicted octanol–water partition coefficient (Wildman–Crippen LogP) is 23.1. The van der Waals surface area contributed by atoms with Crippen molar-refractivity contribution in [1.29, 1.82) is 0 Å². The number of phosphoric acid groups is 1. The minimum absolute atomic E-state index is 0.00895. The number of aliphatic hydroxyl groups is 1. The molecule has 8 nitrogen and oxygen atoms in total. The van der Waals surface area contributed by atoms with Gasteiger partial charge in [0.05, 0.1) is 39.9 Å². The Bertz CT molecular complexity index is 1620. The number of allylic oxidation sites excluding steroid dienone is 11. The van der Waals surface area contributed by atoms with Crippen LogP contribution < -0.4 is 10.2 Å². The normalized spacial score (nSPS) is 14.0. The highest BCUT2D eigenvalue weighted by Crippen LogP contribution is 2.38. The highest BCUT2D eigenvalue weighted by atomic mass is 31.2. The molecular weight excluding hydrogens is 1070 g/mol. The van der Waals surface area contributed by atoms with Crippen molar-refractivity contribution in [3.8, 4) is 0 Å². The van der Waals surface area contributed by atoms with Gasteiger partial charge in [0.2, 0.25) is 5.91 Å². The first-order valence-corrected chi connectivity index (χ1v) is 38.3. The van der Waals surface area contributed by atoms with Crippen molar-refractivity contribution in [2.24, 2.45) is 0 Å². The summed E-state index contributed by atoms with van der Waals surface area (Å²) in [6.07, 6.45) is 93.4. The first kappa shape index (κ1) is 82.9. The van der Waals surface area contributed by atoms with Crippen LogP contribution in [0.1, 0.15) is 354 Å². The third kappa shape index (κ3) is 69.3. The summed E-state index contributed by atoms with van der Waals surface area (Å²) in [6.45, 7) is 4.65. The molecule has 0 saturated heterocycles. The molecule has 0 saturated carbocycles. The van der Waals surface area contributed by atoms with Crippen LogP contribution in [0.5, 0.6) is 0 Å². The average molecular weight is 1210 g/mol. The molecular formula is C76H143N2O6P. The van der Waals surface area contributed by atoms with Gasteiger partial charge in [0.1, 0.15) is 13.2 Å². The van der Waals surface area contributed by atoms with Crippen LogP contribution in [-0.4, -0.2) is 68.5 Å². The summed E-state index contributed by atoms with van der Waals surface area (Å²) in [5, 5.41) is 13.9. The number of likely N-dealkylation sites (N-methyl/N-ethyl adjacent to an activating group) is 1. The molecule has 3 unspecified atom stereocenters. The van der Waals surface area contributed by atoms with Crippen molar-refractivity contribution in [3.05, 3.63) is 72.9 Å². The van der Waals surface area contributed by atoms with E-state index in [9.17, 15) is 19.4 Å². The molecule has 0 aliphatic rings. The number of amides is 1. The number of hydrogen-bond acceptors (Lipinski definition) is 6. The van der Waals surface area contributed by atoms with Crippen molar-refractivity contribution < 1.29 is 32.9 Å². The van der Waals surface area contributed by atoms with E-state index in [1.54, 1.807) is 6.08 Å². The third-order valence-corrected chi connectivity index (χ3v) is 17.6. The summed E-state index contributed by atoms with van der Waals surface area (Å²) in [6, 6.07) is -0.912. The predicted molar refractivity (Wildman–Crippen MR) is 371 cm³/mol. The molecule has 85 heavy (non-hydrogen) atoms. The van der Waals surface area contributed by atoms with Crippen LogP contribution in [0.4, 0.5) is 0 Å². The maximum Gasteiger partial charge on any atom is 0.268 e. The van der Waals surface area contributed by atoms with Crippen LogP contribution in [-0.2, 0) is 18.4 Å². The standard InChI is InChI=1S/C76H143N2O6P/c1-6-8-10-12-14-16-18-20-22-24-26-28-30-31-32-33-34-35-36-37-38-39-40-41-42-43-44-45-46-47-48-50-52-54-56-58-60-62-64-66-68-70-76(80)77-74(73-84-85(81,82)83-72-71-78(3,4)5)75(79)69-67-65-63-61-59-57-55-53-51-49-29-27-25-23-21-19-17-15-13-11-9-7-2/h18,20,24,26,30-31,51,53,59,61,67,69,74-75,79H,6-17,19,21-23,25,27-29,32-50,52,54-58,60,62-66,68,70-73H2,1-5H3,(H-,77,80,81,82)/b20-18-,26-24-,31-30-,53-51+,61-59+,69-67+. The van der Waals surface area contributed by atoms with Gasteiger partial charge >= 0.3 is 0 Å². The largest absolute Gasteiger partial charge is 0.756 e. The van der Waals surface area contributed by atoms with Gasteiger partial charge in [-0.2, -0.15) is 0 Å². The highest BCUT2D eigenvalue weighted by molar-refractivity contribution is 7.45. The molecule has 0 rings (SSSR count). The Morgan fingerprint density at radius 3 is 1.04 bits per heavy atom. The summed E-state index contributed by atoms with van der Waals surface area (Å²) in [5.74, 6) is -0.206. The monoisotopic (exact) mass is 1210 g/mol. The van der Waals surface area contributed by atoms with Crippen LogP contribution in [0, 0.1) is 0 Å². The quantitative estimate of drug-likeness (QED) is 0.0272. The fourth-order valence-corrected chi connectivity index (χ4v) is 11.6. The molecule has 498 valence electrons. The molecule has 0 aromatic carbocycles. The Morgan fingerprint density at radius 2 is 0.694 bits per heavy atom. The van der Waals surface area contributed by atoms with Gasteiger partial charge in [0.25, 0.3) is 7.82 Å². The third-order valence-electron chi connectivity index (χ3n) is 16.6. The van der Waals surface area contributed by atoms with Gasteiger partial charge in [0.15, 0.2) is 0 Å². The van der Waals surface area contributed by atoms with Crippen molar-refractivity contribution >= 4 is 13.7 Å². The van der Waals surface area contributed by atoms with E-state index in [0.29, 0.717) is 17.4 Å². The lowest BCUT2D eigenvalue weighted by atomic mass is 10.0. The van der Waals surface area contributed by atoms with Crippen LogP contribution in [0.25, 0.3) is 0 Å². The Balaban J connectivity index is 3.97. The summed E-state index contributed by atoms with van der Waals surface area (Å²) in [5.41, 5.74) is 0. The first-order valence-electron chi connectivity index (χ1n) is 36.8. The second-order valence-electron chi connectivity index (χ2n) is 26.3. The van der Waals surface area contributed by atoms with Gasteiger partial charge in [-0.25, -0.2) is 0 Å². The molecule has 3 atom stereocenters. The zero-order valence-corrected chi connectivity index (χ0v) is 58.0. The smallest absolute Gasteiger partial charge is 0.268 e. The number of carbonyl (C=O) groups is 1. The maximum absolute atomic E-state index is 13.0. The van der Waals surface area contributed by atoms with E-state index in [2.05, 4.69) is 79.9 Å². The van der Waals surface area contributed by atoms with Crippen LogP contribution in [0.15, 0.2) is 72.9 Å². The van der Waals surface area contributed by atoms with E-state index in [-0.39, 0.29) is 12.5 Å². The van der Waals surface area contributed by atoms with Crippen molar-refractivity contribution in [2.45, 2.75) is 366 Å². The van der Waals surface area contributed by atoms with Crippen molar-refractivity contribution in [1.82, 2.24) is 5.32 Å². The number of unbranched alkanes of at least 4 members (excludes halogenated alkanes) is 45. The molecule has 0 spiro atoms. The summed E-state index contributed by atoms with van der Waals surface area (Å²) in [4.78, 5) is 25.6. The molecule has 9 heteroatoms. The van der Waals surface area contributed by atoms with E-state index in [0.717, 1.165) is 57.8 Å². The first-order chi connectivity index (χ1) is 41.5. The van der Waals surface area contributed by atoms with Gasteiger partial charge in [-0.3, -0.25) is 9.36 Å². The number of carbonyl (C=O) groups excluding carboxylic acids is 1. The van der Waals surface area contributed by atoms with Gasteiger partial charge in [-0.1, -0.05) is 337 Å². The second-order valence-corrected chi connectivity index (χ2v) is 27.7. The number of rotatable bonds is 68. The fraction of sp³-hybridized carbons (Fsp3) is 0.829. The number of aliphatic hydroxyl groups excluding tert-OH is 1. The van der Waals surface area contributed by atoms with Crippen molar-refractivity contribution in [2.75, 3.05) is 40.9 Å². The topological polar surface area (TPSA) is 108 Å². The zero-order chi connectivity index (χ0) is 61.9. The Kier molecular flexibility index (Phi) is 64.8. The van der Waals surface area contributed by atoms with Gasteiger partial charge in [-0.15, -0.1) is 0 Å². The lowest BCUT2D eigenvalue weighted by Gasteiger charge is -2.29. The molecule has 0 aliphatic carbocycles. The van der Waals surface area contributed by atoms with E-state index in [4.69, 9.17) is 9.05 Å². The molecule has 1 amide bonds. The maximum atomic E-state index is 13.0. The molecule has 0 radical (unpaired) electrons. The molecule has 0 heterocycles. The minimum atomic E-state index is -4.62. The lowest BCUT2D eigenvalue weighted by molar-refractivity contribution is -0.870. The van der Waals surface area contributed by atoms with Crippen LogP contribution in [0.2, 0.25) is 0 Å². The number of phosphoric ester groups is 1. The molecule has 0 aromatic rings. The second kappa shape index (κ2) is 66.4. The van der Waals surface area contributed by atoms with Crippen LogP contribution >= 0.6 is 7.82 Å². The Morgan fingerprint density at radius 1 is 0.412 bits per heavy atom. The SMILES string of the molecule is CCCCCCC/C=C\C/C=C\C/C=C\CCCCCCCCCCCCCCCCCCCCCCCCCCCCC(=O)NC(COP(=O)([O-])OCC[N+](C)(C)C)C(O)/C=C/CC/C=C/CC/C=C/CCCCCCCCCCCCCC. The molecule has 0 fully saturated rings. The molecule has 0 bridgehead atoms. The highest BCUT2D eigenvalue weighted by Gasteiger charge is 2.23. The summed E-state index contributed by atoms with van der Waals surface area (Å²) in [7, 11) is 1.24. The molecule has 0 aromatic heterocycles. The number of quaternary nitrogens is 1. The Labute approximate surface area is 529 Å². The molecule has 2 N–H and O–H groups in total. The fourth-order valence-electron chi connectivity index (χ4n) is 10.9. The van der Waals surface area contributed by atoms with Gasteiger partial charge in [0, 0.05) is 6.42 Å². The van der Waals surface area contributed by atoms with Gasteiger partial charge < -0.3 is 28.8 Å². The van der Waals surface area contributed by atoms with Crippen LogP contribution in [0.3, 0.4) is 0 Å². The minimum Gasteiger partial charge on any atom is -0.756 e. The number of nitrogens with zero attached hydrogens (tertiary/aromatic N) is 1. The zero-order valence-electron chi connectivity index (χ0n) is 57.1. The van der Waals surface area contributed by atoms with Gasteiger partial charge in [-0.05, 0) is 83.5 Å². The summed E-state index contributed by atoms with van der Waals surface area (Å²) < 4.78 is 23.4. The summed E-state index contributed by atoms with van der Waals surface area (Å²) >= 11 is 0. The van der Waals surface area contributed by atoms with E-state index < -0.39 is 26.6 Å². The molecule has 0 aliphatic heterocycles. The number of hydrogen-bond donors (Lipinski definition) is 2. The van der Waals surface area contributed by atoms with E-state index in [1.807, 2.05) is 27.2 Å². The average Bonchev–Trinajstić information content (AvgIpc) is 3.48. The lowest BCUT2D eigenvalue weighted by Crippen LogP contribution is -2.45. The van der Waals surface area contributed by atoms with E-state index >= 15 is 0 Å². The van der Waals surface area contributed by atoms with E-state index in [1.165, 1.54) is 276 Å². The van der Waals surface area contributed by atoms with Crippen molar-refractivity contribution in [3.63, 3.8) is 0 Å². The Hall–Kier alpha value is -2.06.